The summed E-state index contributed by atoms with van der Waals surface area (Å²) in [6.45, 7) is 5.14. The molecular weight excluding hydrogens is 408 g/mol. The maximum absolute atomic E-state index is 14.1. The predicted molar refractivity (Wildman–Crippen MR) is 98.5 cm³/mol. The molecule has 0 radical (unpaired) electrons. The molecule has 2 rings (SSSR count). The lowest BCUT2D eigenvalue weighted by atomic mass is 9.60. The molecule has 2 atom stereocenters. The summed E-state index contributed by atoms with van der Waals surface area (Å²) in [5.74, 6) is -11.5. The van der Waals surface area contributed by atoms with Gasteiger partial charge in [-0.15, -0.1) is 0 Å². The largest absolute Gasteiger partial charge is 0.491 e. The average molecular weight is 434 g/mol. The second kappa shape index (κ2) is 8.53. The van der Waals surface area contributed by atoms with E-state index in [1.54, 1.807) is 13.8 Å². The number of hydrogen-bond donors (Lipinski definition) is 1. The first-order chi connectivity index (χ1) is 13.7. The molecule has 5 nitrogen and oxygen atoms in total. The molecule has 1 aliphatic rings. The fourth-order valence-electron chi connectivity index (χ4n) is 4.03. The van der Waals surface area contributed by atoms with Crippen LogP contribution in [0.2, 0.25) is 0 Å². The van der Waals surface area contributed by atoms with Crippen molar-refractivity contribution in [1.29, 1.82) is 0 Å². The van der Waals surface area contributed by atoms with Crippen LogP contribution in [-0.2, 0) is 20.9 Å². The fraction of sp³-hybridized carbons (Fsp3) is 0.619. The number of carbonyl (C=O) groups is 2. The molecule has 0 spiro atoms. The lowest BCUT2D eigenvalue weighted by Gasteiger charge is -2.43. The van der Waals surface area contributed by atoms with Gasteiger partial charge in [-0.3, -0.25) is 9.59 Å². The first kappa shape index (κ1) is 24.1. The molecule has 0 bridgehead atoms. The minimum absolute atomic E-state index is 0.269. The number of esters is 1. The maximum atomic E-state index is 14.1. The summed E-state index contributed by atoms with van der Waals surface area (Å²) in [7, 11) is 0.852. The van der Waals surface area contributed by atoms with Crippen LogP contribution in [0.3, 0.4) is 0 Å². The minimum Gasteiger partial charge on any atom is -0.491 e. The van der Waals surface area contributed by atoms with Crippen LogP contribution in [0.5, 0.6) is 5.75 Å². The molecule has 9 heteroatoms. The van der Waals surface area contributed by atoms with Gasteiger partial charge < -0.3 is 14.6 Å². The molecule has 1 fully saturated rings. The highest BCUT2D eigenvalue weighted by Crippen LogP contribution is 2.46. The van der Waals surface area contributed by atoms with Gasteiger partial charge in [0.2, 0.25) is 11.6 Å². The molecule has 168 valence electrons. The molecule has 0 aliphatic heterocycles. The number of Topliss-reactive ketones (excluding diaryl/α,β-unsaturated/α-hetero) is 1. The number of rotatable bonds is 6. The van der Waals surface area contributed by atoms with Crippen molar-refractivity contribution in [3.63, 3.8) is 0 Å². The Labute approximate surface area is 172 Å². The van der Waals surface area contributed by atoms with E-state index in [0.29, 0.717) is 12.8 Å². The number of carbonyl (C=O) groups excluding carboxylic acids is 2. The smallest absolute Gasteiger partial charge is 0.310 e. The van der Waals surface area contributed by atoms with E-state index in [0.717, 1.165) is 7.11 Å². The molecule has 0 saturated heterocycles. The summed E-state index contributed by atoms with van der Waals surface area (Å²) >= 11 is 0. The molecule has 1 aromatic rings. The number of benzene rings is 1. The predicted octanol–water partition coefficient (Wildman–Crippen LogP) is 4.08. The summed E-state index contributed by atoms with van der Waals surface area (Å²) in [6.07, 6.45) is 1.49. The summed E-state index contributed by atoms with van der Waals surface area (Å²) in [5.41, 5.74) is -3.42. The van der Waals surface area contributed by atoms with Crippen molar-refractivity contribution in [1.82, 2.24) is 0 Å². The molecule has 0 aromatic heterocycles. The zero-order chi connectivity index (χ0) is 23.0. The van der Waals surface area contributed by atoms with Gasteiger partial charge in [0.1, 0.15) is 12.2 Å². The van der Waals surface area contributed by atoms with Gasteiger partial charge in [-0.05, 0) is 32.1 Å². The maximum Gasteiger partial charge on any atom is 0.310 e. The monoisotopic (exact) mass is 434 g/mol. The fourth-order valence-corrected chi connectivity index (χ4v) is 4.03. The summed E-state index contributed by atoms with van der Waals surface area (Å²) < 4.78 is 65.3. The second-order valence-electron chi connectivity index (χ2n) is 8.76. The van der Waals surface area contributed by atoms with Crippen molar-refractivity contribution in [2.45, 2.75) is 59.2 Å². The van der Waals surface area contributed by atoms with Crippen molar-refractivity contribution in [2.24, 2.45) is 17.3 Å². The highest BCUT2D eigenvalue weighted by Gasteiger charge is 2.50. The zero-order valence-corrected chi connectivity index (χ0v) is 17.6. The molecule has 1 N–H and O–H groups in total. The number of methoxy groups -OCH3 is 1. The Morgan fingerprint density at radius 1 is 1.10 bits per heavy atom. The van der Waals surface area contributed by atoms with E-state index < -0.39 is 75.8 Å². The Kier molecular flexibility index (Phi) is 6.85. The highest BCUT2D eigenvalue weighted by atomic mass is 19.2. The third-order valence-corrected chi connectivity index (χ3v) is 5.65. The van der Waals surface area contributed by atoms with E-state index in [9.17, 15) is 32.3 Å². The lowest BCUT2D eigenvalue weighted by molar-refractivity contribution is -0.164. The first-order valence-electron chi connectivity index (χ1n) is 9.56. The van der Waals surface area contributed by atoms with Gasteiger partial charge >= 0.3 is 5.97 Å². The quantitative estimate of drug-likeness (QED) is 0.415. The van der Waals surface area contributed by atoms with Gasteiger partial charge in [0.15, 0.2) is 23.2 Å². The number of halogens is 4. The van der Waals surface area contributed by atoms with Gasteiger partial charge in [-0.1, -0.05) is 20.3 Å². The molecular formula is C21H26F4O5. The Bertz CT molecular complexity index is 816. The summed E-state index contributed by atoms with van der Waals surface area (Å²) in [4.78, 5) is 25.5. The third kappa shape index (κ3) is 4.45. The normalized spacial score (nSPS) is 21.3. The van der Waals surface area contributed by atoms with Gasteiger partial charge in [0.25, 0.3) is 0 Å². The molecule has 0 amide bonds. The van der Waals surface area contributed by atoms with E-state index in [1.165, 1.54) is 13.8 Å². The van der Waals surface area contributed by atoms with Crippen molar-refractivity contribution in [3.8, 4) is 5.75 Å². The van der Waals surface area contributed by atoms with E-state index in [4.69, 9.17) is 4.74 Å². The molecule has 1 aliphatic carbocycles. The van der Waals surface area contributed by atoms with Crippen LogP contribution in [0.4, 0.5) is 17.6 Å². The Hall–Kier alpha value is -2.16. The Morgan fingerprint density at radius 2 is 1.63 bits per heavy atom. The van der Waals surface area contributed by atoms with Crippen LogP contribution in [0.15, 0.2) is 0 Å². The Morgan fingerprint density at radius 3 is 2.10 bits per heavy atom. The van der Waals surface area contributed by atoms with E-state index in [-0.39, 0.29) is 6.42 Å². The number of ketones is 1. The third-order valence-electron chi connectivity index (χ3n) is 5.65. The molecule has 30 heavy (non-hydrogen) atoms. The minimum atomic E-state index is -1.74. The van der Waals surface area contributed by atoms with Gasteiger partial charge in [0, 0.05) is 5.92 Å². The molecule has 1 aromatic carbocycles. The lowest BCUT2D eigenvalue weighted by Crippen LogP contribution is -2.50. The van der Waals surface area contributed by atoms with Gasteiger partial charge in [-0.2, -0.15) is 8.78 Å². The second-order valence-corrected chi connectivity index (χ2v) is 8.76. The van der Waals surface area contributed by atoms with Crippen LogP contribution < -0.4 is 4.74 Å². The van der Waals surface area contributed by atoms with Crippen molar-refractivity contribution < 1.29 is 41.7 Å². The SMILES string of the molecule is COc1c(F)c(F)c(COC(=O)C2CCCC(C)(C)C2C(=O)C(C)(C)O)c(F)c1F. The highest BCUT2D eigenvalue weighted by molar-refractivity contribution is 5.93. The van der Waals surface area contributed by atoms with Crippen molar-refractivity contribution >= 4 is 11.8 Å². The molecule has 1 saturated carbocycles. The van der Waals surface area contributed by atoms with E-state index in [1.807, 2.05) is 0 Å². The molecule has 2 unspecified atom stereocenters. The first-order valence-corrected chi connectivity index (χ1v) is 9.56. The van der Waals surface area contributed by atoms with E-state index in [2.05, 4.69) is 4.74 Å². The zero-order valence-electron chi connectivity index (χ0n) is 17.6. The Balaban J connectivity index is 2.30. The van der Waals surface area contributed by atoms with Crippen LogP contribution in [-0.4, -0.2) is 29.6 Å². The summed E-state index contributed by atoms with van der Waals surface area (Å²) in [5, 5.41) is 10.2. The van der Waals surface area contributed by atoms with Crippen LogP contribution >= 0.6 is 0 Å². The molecule has 0 heterocycles. The van der Waals surface area contributed by atoms with Crippen molar-refractivity contribution in [3.05, 3.63) is 28.8 Å². The standard InChI is InChI=1S/C21H26F4O5/c1-20(2)8-6-7-10(12(20)18(26)21(3,4)28)19(27)30-9-11-13(22)15(24)17(29-5)16(25)14(11)23/h10,12,28H,6-9H2,1-5H3. The van der Waals surface area contributed by atoms with E-state index >= 15 is 0 Å². The van der Waals surface area contributed by atoms with Crippen LogP contribution in [0.1, 0.15) is 52.5 Å². The van der Waals surface area contributed by atoms with Gasteiger partial charge in [0.05, 0.1) is 18.6 Å². The average Bonchev–Trinajstić information content (AvgIpc) is 2.64. The van der Waals surface area contributed by atoms with Crippen molar-refractivity contribution in [2.75, 3.05) is 7.11 Å². The number of aliphatic hydroxyl groups is 1. The van der Waals surface area contributed by atoms with Crippen LogP contribution in [0.25, 0.3) is 0 Å². The van der Waals surface area contributed by atoms with Crippen LogP contribution in [0, 0.1) is 40.5 Å². The summed E-state index contributed by atoms with van der Waals surface area (Å²) in [6, 6.07) is 0. The number of ether oxygens (including phenoxy) is 2. The van der Waals surface area contributed by atoms with Gasteiger partial charge in [-0.25, -0.2) is 8.78 Å². The topological polar surface area (TPSA) is 72.8 Å². The number of hydrogen-bond acceptors (Lipinski definition) is 5.